The molecule has 6 heteroatoms. The average molecular weight is 244 g/mol. The highest BCUT2D eigenvalue weighted by atomic mass is 16.6. The summed E-state index contributed by atoms with van der Waals surface area (Å²) in [4.78, 5) is 18.1. The maximum Gasteiger partial charge on any atom is 0.337 e. The first kappa shape index (κ1) is 12.0. The van der Waals surface area contributed by atoms with Crippen LogP contribution in [-0.2, 0) is 0 Å². The topological polar surface area (TPSA) is 94.9 Å². The summed E-state index contributed by atoms with van der Waals surface area (Å²) in [5.41, 5.74) is 8.24. The quantitative estimate of drug-likeness (QED) is 0.645. The fourth-order valence-electron chi connectivity index (χ4n) is 1.90. The third-order valence-electron chi connectivity index (χ3n) is 2.53. The van der Waals surface area contributed by atoms with Crippen LogP contribution in [0, 0.1) is 24.0 Å². The van der Waals surface area contributed by atoms with Crippen molar-refractivity contribution in [1.29, 1.82) is 0 Å². The van der Waals surface area contributed by atoms with Gasteiger partial charge >= 0.3 is 5.69 Å². The number of hydrogen-bond donors (Lipinski definition) is 1. The van der Waals surface area contributed by atoms with Gasteiger partial charge in [-0.05, 0) is 26.0 Å². The highest BCUT2D eigenvalue weighted by Crippen LogP contribution is 2.31. The summed E-state index contributed by atoms with van der Waals surface area (Å²) in [5.74, 6) is -0.121. The molecule has 92 valence electrons. The number of nitrogen functional groups attached to an aromatic ring is 1. The Morgan fingerprint density at radius 2 is 1.78 bits per heavy atom. The van der Waals surface area contributed by atoms with Gasteiger partial charge in [-0.25, -0.2) is 9.97 Å². The van der Waals surface area contributed by atoms with Gasteiger partial charge in [0.1, 0.15) is 6.33 Å². The lowest BCUT2D eigenvalue weighted by molar-refractivity contribution is -0.383. The molecule has 0 radical (unpaired) electrons. The second kappa shape index (κ2) is 4.40. The Kier molecular flexibility index (Phi) is 2.93. The summed E-state index contributed by atoms with van der Waals surface area (Å²) >= 11 is 0. The van der Waals surface area contributed by atoms with Gasteiger partial charge in [-0.15, -0.1) is 0 Å². The van der Waals surface area contributed by atoms with Crippen LogP contribution in [0.25, 0.3) is 11.3 Å². The van der Waals surface area contributed by atoms with Gasteiger partial charge in [0.2, 0.25) is 5.82 Å². The van der Waals surface area contributed by atoms with Crippen LogP contribution in [0.4, 0.5) is 11.5 Å². The van der Waals surface area contributed by atoms with Crippen molar-refractivity contribution < 1.29 is 4.92 Å². The second-order valence-corrected chi connectivity index (χ2v) is 4.09. The van der Waals surface area contributed by atoms with Crippen LogP contribution < -0.4 is 5.73 Å². The third-order valence-corrected chi connectivity index (χ3v) is 2.53. The van der Waals surface area contributed by atoms with E-state index >= 15 is 0 Å². The van der Waals surface area contributed by atoms with Gasteiger partial charge < -0.3 is 5.73 Å². The zero-order chi connectivity index (χ0) is 13.3. The van der Waals surface area contributed by atoms with Gasteiger partial charge in [-0.1, -0.05) is 17.2 Å². The molecular weight excluding hydrogens is 232 g/mol. The van der Waals surface area contributed by atoms with E-state index in [9.17, 15) is 10.1 Å². The number of nitro groups is 1. The van der Waals surface area contributed by atoms with Crippen LogP contribution in [0.3, 0.4) is 0 Å². The molecule has 2 aromatic rings. The highest BCUT2D eigenvalue weighted by Gasteiger charge is 2.22. The van der Waals surface area contributed by atoms with Crippen molar-refractivity contribution in [3.63, 3.8) is 0 Å². The molecule has 1 aromatic heterocycles. The Hall–Kier alpha value is -2.50. The summed E-state index contributed by atoms with van der Waals surface area (Å²) in [6.45, 7) is 3.85. The van der Waals surface area contributed by atoms with Crippen molar-refractivity contribution in [3.05, 3.63) is 45.8 Å². The molecule has 0 amide bonds. The fourth-order valence-corrected chi connectivity index (χ4v) is 1.90. The van der Waals surface area contributed by atoms with Crippen LogP contribution in [0.5, 0.6) is 0 Å². The number of aryl methyl sites for hydroxylation is 2. The van der Waals surface area contributed by atoms with Crippen LogP contribution in [-0.4, -0.2) is 14.9 Å². The lowest BCUT2D eigenvalue weighted by Gasteiger charge is -2.06. The second-order valence-electron chi connectivity index (χ2n) is 4.09. The lowest BCUT2D eigenvalue weighted by Crippen LogP contribution is -2.02. The molecule has 2 rings (SSSR count). The molecule has 0 bridgehead atoms. The smallest absolute Gasteiger partial charge is 0.337 e. The Morgan fingerprint density at radius 3 is 2.33 bits per heavy atom. The normalized spacial score (nSPS) is 10.3. The number of benzene rings is 1. The van der Waals surface area contributed by atoms with E-state index in [1.165, 1.54) is 6.33 Å². The molecule has 18 heavy (non-hydrogen) atoms. The van der Waals surface area contributed by atoms with E-state index in [-0.39, 0.29) is 17.2 Å². The van der Waals surface area contributed by atoms with Crippen LogP contribution in [0.15, 0.2) is 24.5 Å². The van der Waals surface area contributed by atoms with Gasteiger partial charge in [0.25, 0.3) is 0 Å². The van der Waals surface area contributed by atoms with Crippen LogP contribution in [0.1, 0.15) is 11.1 Å². The maximum absolute atomic E-state index is 11.0. The zero-order valence-electron chi connectivity index (χ0n) is 10.0. The van der Waals surface area contributed by atoms with E-state index in [0.717, 1.165) is 11.1 Å². The standard InChI is InChI=1S/C12H12N4O2/c1-7-3-8(2)5-9(4-7)10-11(16(17)18)12(13)15-6-14-10/h3-6H,1-2H3,(H2,13,14,15). The molecule has 1 heterocycles. The molecule has 0 aliphatic rings. The summed E-state index contributed by atoms with van der Waals surface area (Å²) in [6.07, 6.45) is 1.23. The summed E-state index contributed by atoms with van der Waals surface area (Å²) < 4.78 is 0. The number of rotatable bonds is 2. The number of nitrogens with two attached hydrogens (primary N) is 1. The number of nitrogens with zero attached hydrogens (tertiary/aromatic N) is 3. The zero-order valence-corrected chi connectivity index (χ0v) is 10.0. The minimum Gasteiger partial charge on any atom is -0.378 e. The Balaban J connectivity index is 2.71. The van der Waals surface area contributed by atoms with Crippen molar-refractivity contribution in [2.75, 3.05) is 5.73 Å². The minimum absolute atomic E-state index is 0.121. The molecule has 0 unspecified atom stereocenters. The van der Waals surface area contributed by atoms with Crippen molar-refractivity contribution >= 4 is 11.5 Å². The van der Waals surface area contributed by atoms with E-state index in [4.69, 9.17) is 5.73 Å². The molecular formula is C12H12N4O2. The van der Waals surface area contributed by atoms with E-state index < -0.39 is 4.92 Å². The van der Waals surface area contributed by atoms with Crippen molar-refractivity contribution in [2.45, 2.75) is 13.8 Å². The van der Waals surface area contributed by atoms with Gasteiger partial charge in [0, 0.05) is 5.56 Å². The molecule has 0 saturated carbocycles. The summed E-state index contributed by atoms with van der Waals surface area (Å²) in [5, 5.41) is 11.0. The summed E-state index contributed by atoms with van der Waals surface area (Å²) in [6, 6.07) is 5.66. The third kappa shape index (κ3) is 2.13. The van der Waals surface area contributed by atoms with Crippen LogP contribution >= 0.6 is 0 Å². The van der Waals surface area contributed by atoms with Crippen LogP contribution in [0.2, 0.25) is 0 Å². The van der Waals surface area contributed by atoms with E-state index in [1.807, 2.05) is 32.0 Å². The Morgan fingerprint density at radius 1 is 1.17 bits per heavy atom. The van der Waals surface area contributed by atoms with Gasteiger partial charge in [-0.2, -0.15) is 0 Å². The SMILES string of the molecule is Cc1cc(C)cc(-c2ncnc(N)c2[N+](=O)[O-])c1. The van der Waals surface area contributed by atoms with Gasteiger partial charge in [-0.3, -0.25) is 10.1 Å². The molecule has 0 aliphatic carbocycles. The molecule has 1 aromatic carbocycles. The number of hydrogen-bond acceptors (Lipinski definition) is 5. The molecule has 0 fully saturated rings. The molecule has 6 nitrogen and oxygen atoms in total. The first-order chi connectivity index (χ1) is 8.49. The fraction of sp³-hybridized carbons (Fsp3) is 0.167. The Bertz CT molecular complexity index is 605. The average Bonchev–Trinajstić information content (AvgIpc) is 2.26. The predicted octanol–water partition coefficient (Wildman–Crippen LogP) is 2.25. The van der Waals surface area contributed by atoms with Gasteiger partial charge in [0.15, 0.2) is 5.69 Å². The predicted molar refractivity (Wildman–Crippen MR) is 68.0 cm³/mol. The molecule has 0 aliphatic heterocycles. The molecule has 2 N–H and O–H groups in total. The number of aromatic nitrogens is 2. The van der Waals surface area contributed by atoms with E-state index in [1.54, 1.807) is 0 Å². The van der Waals surface area contributed by atoms with Gasteiger partial charge in [0.05, 0.1) is 4.92 Å². The first-order valence-corrected chi connectivity index (χ1v) is 5.32. The lowest BCUT2D eigenvalue weighted by atomic mass is 10.0. The molecule has 0 atom stereocenters. The van der Waals surface area contributed by atoms with Crippen molar-refractivity contribution in [1.82, 2.24) is 9.97 Å². The Labute approximate surface area is 104 Å². The van der Waals surface area contributed by atoms with E-state index in [0.29, 0.717) is 5.56 Å². The molecule has 0 spiro atoms. The van der Waals surface area contributed by atoms with Crippen molar-refractivity contribution in [3.8, 4) is 11.3 Å². The minimum atomic E-state index is -0.553. The largest absolute Gasteiger partial charge is 0.378 e. The molecule has 0 saturated heterocycles. The first-order valence-electron chi connectivity index (χ1n) is 5.32. The maximum atomic E-state index is 11.0. The monoisotopic (exact) mass is 244 g/mol. The van der Waals surface area contributed by atoms with E-state index in [2.05, 4.69) is 9.97 Å². The van der Waals surface area contributed by atoms with Crippen molar-refractivity contribution in [2.24, 2.45) is 0 Å². The number of anilines is 1. The highest BCUT2D eigenvalue weighted by molar-refractivity contribution is 5.76. The summed E-state index contributed by atoms with van der Waals surface area (Å²) in [7, 11) is 0.